The number of guanidine groups is 1. The van der Waals surface area contributed by atoms with E-state index >= 15 is 0 Å². The number of nitrogens with zero attached hydrogens (tertiary/aromatic N) is 2. The molecule has 2 rings (SSSR count). The molecule has 1 aromatic carbocycles. The lowest BCUT2D eigenvalue weighted by atomic mass is 10.1. The molecule has 1 fully saturated rings. The van der Waals surface area contributed by atoms with Crippen LogP contribution in [0.4, 0.5) is 4.79 Å². The Bertz CT molecular complexity index is 731. The number of hydrogen-bond acceptors (Lipinski definition) is 3. The summed E-state index contributed by atoms with van der Waals surface area (Å²) in [6, 6.07) is 5.90. The predicted molar refractivity (Wildman–Crippen MR) is 89.6 cm³/mol. The Morgan fingerprint density at radius 2 is 1.88 bits per heavy atom. The SMILES string of the molecule is CC(C)CN1C(=O)NC(=Cc2ccc(C(=O)N=C(N)N)cc2)C1=O. The van der Waals surface area contributed by atoms with Crippen LogP contribution in [0.15, 0.2) is 35.0 Å². The Morgan fingerprint density at radius 1 is 1.25 bits per heavy atom. The minimum Gasteiger partial charge on any atom is -0.370 e. The van der Waals surface area contributed by atoms with E-state index in [2.05, 4.69) is 10.3 Å². The van der Waals surface area contributed by atoms with Gasteiger partial charge in [0.05, 0.1) is 0 Å². The first-order chi connectivity index (χ1) is 11.3. The van der Waals surface area contributed by atoms with Crippen molar-refractivity contribution >= 4 is 29.9 Å². The molecule has 0 bridgehead atoms. The largest absolute Gasteiger partial charge is 0.370 e. The summed E-state index contributed by atoms with van der Waals surface area (Å²) in [6.07, 6.45) is 1.55. The summed E-state index contributed by atoms with van der Waals surface area (Å²) in [5, 5.41) is 2.55. The summed E-state index contributed by atoms with van der Waals surface area (Å²) < 4.78 is 0. The summed E-state index contributed by atoms with van der Waals surface area (Å²) in [6.45, 7) is 4.21. The first kappa shape index (κ1) is 17.2. The van der Waals surface area contributed by atoms with Gasteiger partial charge in [-0.1, -0.05) is 26.0 Å². The molecule has 5 N–H and O–H groups in total. The van der Waals surface area contributed by atoms with Crippen LogP contribution in [0.25, 0.3) is 6.08 Å². The van der Waals surface area contributed by atoms with Gasteiger partial charge in [-0.05, 0) is 29.7 Å². The monoisotopic (exact) mass is 329 g/mol. The maximum Gasteiger partial charge on any atom is 0.329 e. The molecule has 0 radical (unpaired) electrons. The first-order valence-electron chi connectivity index (χ1n) is 7.36. The number of nitrogens with one attached hydrogen (secondary N) is 1. The summed E-state index contributed by atoms with van der Waals surface area (Å²) in [4.78, 5) is 40.3. The molecule has 1 aliphatic rings. The number of imide groups is 1. The summed E-state index contributed by atoms with van der Waals surface area (Å²) in [5.41, 5.74) is 11.5. The normalized spacial score (nSPS) is 15.8. The van der Waals surface area contributed by atoms with E-state index in [0.29, 0.717) is 17.7 Å². The van der Waals surface area contributed by atoms with E-state index in [1.165, 1.54) is 17.0 Å². The van der Waals surface area contributed by atoms with Crippen LogP contribution < -0.4 is 16.8 Å². The van der Waals surface area contributed by atoms with Crippen molar-refractivity contribution in [3.8, 4) is 0 Å². The number of aliphatic imine (C=N–C) groups is 1. The molecule has 0 aliphatic carbocycles. The molecule has 0 unspecified atom stereocenters. The van der Waals surface area contributed by atoms with Crippen LogP contribution in [0.3, 0.4) is 0 Å². The van der Waals surface area contributed by atoms with Crippen LogP contribution >= 0.6 is 0 Å². The number of amides is 4. The van der Waals surface area contributed by atoms with Gasteiger partial charge in [-0.15, -0.1) is 0 Å². The van der Waals surface area contributed by atoms with Crippen LogP contribution in [-0.2, 0) is 4.79 Å². The summed E-state index contributed by atoms with van der Waals surface area (Å²) in [7, 11) is 0. The number of carbonyl (C=O) groups excluding carboxylic acids is 3. The second-order valence-corrected chi connectivity index (χ2v) is 5.76. The number of benzene rings is 1. The van der Waals surface area contributed by atoms with Gasteiger partial charge in [0.2, 0.25) is 0 Å². The highest BCUT2D eigenvalue weighted by molar-refractivity contribution is 6.14. The van der Waals surface area contributed by atoms with Crippen molar-refractivity contribution in [2.75, 3.05) is 6.54 Å². The van der Waals surface area contributed by atoms with Crippen molar-refractivity contribution in [2.24, 2.45) is 22.4 Å². The average Bonchev–Trinajstić information content (AvgIpc) is 2.74. The molecule has 4 amide bonds. The summed E-state index contributed by atoms with van der Waals surface area (Å²) >= 11 is 0. The Morgan fingerprint density at radius 3 is 2.42 bits per heavy atom. The molecule has 126 valence electrons. The molecule has 8 heteroatoms. The third kappa shape index (κ3) is 3.97. The number of nitrogens with two attached hydrogens (primary N) is 2. The lowest BCUT2D eigenvalue weighted by Crippen LogP contribution is -2.34. The van der Waals surface area contributed by atoms with E-state index in [1.807, 2.05) is 13.8 Å². The Kier molecular flexibility index (Phi) is 4.98. The first-order valence-corrected chi connectivity index (χ1v) is 7.36. The quantitative estimate of drug-likeness (QED) is 0.323. The van der Waals surface area contributed by atoms with Gasteiger partial charge in [0.15, 0.2) is 5.96 Å². The molecular formula is C16H19N5O3. The third-order valence-electron chi connectivity index (χ3n) is 3.21. The Labute approximate surface area is 139 Å². The molecular weight excluding hydrogens is 310 g/mol. The second-order valence-electron chi connectivity index (χ2n) is 5.76. The zero-order valence-corrected chi connectivity index (χ0v) is 13.4. The minimum atomic E-state index is -0.553. The van der Waals surface area contributed by atoms with Crippen molar-refractivity contribution in [1.82, 2.24) is 10.2 Å². The summed E-state index contributed by atoms with van der Waals surface area (Å²) in [5.74, 6) is -1.05. The van der Waals surface area contributed by atoms with E-state index in [-0.39, 0.29) is 23.5 Å². The molecule has 24 heavy (non-hydrogen) atoms. The van der Waals surface area contributed by atoms with Crippen molar-refractivity contribution in [2.45, 2.75) is 13.8 Å². The van der Waals surface area contributed by atoms with Crippen molar-refractivity contribution in [3.63, 3.8) is 0 Å². The van der Waals surface area contributed by atoms with Gasteiger partial charge in [-0.2, -0.15) is 4.99 Å². The van der Waals surface area contributed by atoms with Crippen LogP contribution in [0.5, 0.6) is 0 Å². The van der Waals surface area contributed by atoms with E-state index in [1.54, 1.807) is 18.2 Å². The zero-order valence-electron chi connectivity index (χ0n) is 13.4. The predicted octanol–water partition coefficient (Wildman–Crippen LogP) is 0.649. The van der Waals surface area contributed by atoms with Crippen molar-refractivity contribution < 1.29 is 14.4 Å². The molecule has 8 nitrogen and oxygen atoms in total. The van der Waals surface area contributed by atoms with Gasteiger partial charge in [0, 0.05) is 12.1 Å². The fourth-order valence-corrected chi connectivity index (χ4v) is 2.17. The third-order valence-corrected chi connectivity index (χ3v) is 3.21. The van der Waals surface area contributed by atoms with Crippen LogP contribution in [0, 0.1) is 5.92 Å². The number of hydrogen-bond donors (Lipinski definition) is 3. The number of carbonyl (C=O) groups is 3. The highest BCUT2D eigenvalue weighted by atomic mass is 16.2. The maximum atomic E-state index is 12.2. The van der Waals surface area contributed by atoms with Gasteiger partial charge in [0.1, 0.15) is 5.70 Å². The van der Waals surface area contributed by atoms with E-state index in [9.17, 15) is 14.4 Å². The Balaban J connectivity index is 2.17. The number of rotatable bonds is 4. The van der Waals surface area contributed by atoms with E-state index < -0.39 is 11.9 Å². The van der Waals surface area contributed by atoms with Gasteiger partial charge in [-0.25, -0.2) is 4.79 Å². The van der Waals surface area contributed by atoms with Gasteiger partial charge < -0.3 is 16.8 Å². The highest BCUT2D eigenvalue weighted by Gasteiger charge is 2.33. The topological polar surface area (TPSA) is 131 Å². The minimum absolute atomic E-state index is 0.180. The average molecular weight is 329 g/mol. The van der Waals surface area contributed by atoms with Gasteiger partial charge in [0.25, 0.3) is 11.8 Å². The molecule has 0 saturated carbocycles. The molecule has 1 aliphatic heterocycles. The standard InChI is InChI=1S/C16H19N5O3/c1-9(2)8-21-14(23)12(19-16(21)24)7-10-3-5-11(6-4-10)13(22)20-15(17)18/h3-7,9H,8H2,1-2H3,(H,19,24)(H4,17,18,20,22). The fraction of sp³-hybridized carbons (Fsp3) is 0.250. The molecule has 0 atom stereocenters. The van der Waals surface area contributed by atoms with Gasteiger partial charge >= 0.3 is 6.03 Å². The number of urea groups is 1. The van der Waals surface area contributed by atoms with Crippen LogP contribution in [0.1, 0.15) is 29.8 Å². The van der Waals surface area contributed by atoms with Crippen molar-refractivity contribution in [3.05, 3.63) is 41.1 Å². The maximum absolute atomic E-state index is 12.2. The highest BCUT2D eigenvalue weighted by Crippen LogP contribution is 2.16. The molecule has 0 spiro atoms. The lowest BCUT2D eigenvalue weighted by Gasteiger charge is -2.13. The molecule has 1 heterocycles. The zero-order chi connectivity index (χ0) is 17.9. The van der Waals surface area contributed by atoms with Gasteiger partial charge in [-0.3, -0.25) is 14.5 Å². The molecule has 0 aromatic heterocycles. The smallest absolute Gasteiger partial charge is 0.329 e. The van der Waals surface area contributed by atoms with E-state index in [4.69, 9.17) is 11.5 Å². The molecule has 1 saturated heterocycles. The van der Waals surface area contributed by atoms with Crippen molar-refractivity contribution in [1.29, 1.82) is 0 Å². The van der Waals surface area contributed by atoms with E-state index in [0.717, 1.165) is 0 Å². The molecule has 1 aromatic rings. The Hall–Kier alpha value is -3.16. The fourth-order valence-electron chi connectivity index (χ4n) is 2.17. The second kappa shape index (κ2) is 6.95. The van der Waals surface area contributed by atoms with Crippen LogP contribution in [-0.4, -0.2) is 35.2 Å². The van der Waals surface area contributed by atoms with Crippen LogP contribution in [0.2, 0.25) is 0 Å². The lowest BCUT2D eigenvalue weighted by molar-refractivity contribution is -0.123.